The summed E-state index contributed by atoms with van der Waals surface area (Å²) < 4.78 is 5.33. The minimum absolute atomic E-state index is 0.269. The van der Waals surface area contributed by atoms with Crippen molar-refractivity contribution in [1.82, 2.24) is 19.9 Å². The van der Waals surface area contributed by atoms with Crippen molar-refractivity contribution in [3.8, 4) is 28.0 Å². The Bertz CT molecular complexity index is 2140. The molecule has 11 heteroatoms. The van der Waals surface area contributed by atoms with Gasteiger partial charge in [-0.3, -0.25) is 9.97 Å². The molecule has 0 spiro atoms. The van der Waals surface area contributed by atoms with Crippen LogP contribution in [0.1, 0.15) is 47.2 Å². The summed E-state index contributed by atoms with van der Waals surface area (Å²) >= 11 is 4.73. The van der Waals surface area contributed by atoms with Crippen molar-refractivity contribution in [2.24, 2.45) is 4.99 Å². The van der Waals surface area contributed by atoms with E-state index in [0.29, 0.717) is 55.9 Å². The molecule has 2 aliphatic heterocycles. The lowest BCUT2D eigenvalue weighted by atomic mass is 9.99. The number of nitrogens with one attached hydrogen (secondary N) is 2. The smallest absolute Gasteiger partial charge is 0.128 e. The van der Waals surface area contributed by atoms with Gasteiger partial charge in [0.15, 0.2) is 0 Å². The van der Waals surface area contributed by atoms with Crippen molar-refractivity contribution in [2.45, 2.75) is 24.4 Å². The van der Waals surface area contributed by atoms with Crippen LogP contribution >= 0.6 is 12.2 Å². The number of nitrogens with zero attached hydrogens (tertiary/aromatic N) is 3. The zero-order valence-corrected chi connectivity index (χ0v) is 24.7. The van der Waals surface area contributed by atoms with Gasteiger partial charge in [-0.25, -0.2) is 0 Å². The molecule has 0 radical (unpaired) electrons. The molecular formula is C34H27N5O5S. The Hall–Kier alpha value is -5.00. The largest absolute Gasteiger partial charge is 0.497 e. The van der Waals surface area contributed by atoms with Gasteiger partial charge in [0, 0.05) is 33.2 Å². The zero-order chi connectivity index (χ0) is 31.2. The highest BCUT2D eigenvalue weighted by atomic mass is 32.1. The molecule has 2 aromatic carbocycles. The maximum Gasteiger partial charge on any atom is 0.128 e. The van der Waals surface area contributed by atoms with Gasteiger partial charge >= 0.3 is 0 Å². The SMILES string of the molecule is COc1ccc(-c2c3nc(cc4ccc([nH]4)c(-c4ccc(N=C=S)cc4)c4nc(cc5ccc2[nH]5)C(O)C4O)C(O)C3O)cc1. The number of thiocarbonyl (C=S) groups is 1. The first-order valence-corrected chi connectivity index (χ1v) is 14.5. The maximum atomic E-state index is 11.3. The number of rotatable bonds is 4. The quantitative estimate of drug-likeness (QED) is 0.107. The molecule has 8 bridgehead atoms. The van der Waals surface area contributed by atoms with E-state index < -0.39 is 24.4 Å². The van der Waals surface area contributed by atoms with E-state index in [2.05, 4.69) is 20.1 Å². The third kappa shape index (κ3) is 5.13. The number of aromatic amines is 2. The van der Waals surface area contributed by atoms with E-state index in [-0.39, 0.29) is 17.1 Å². The van der Waals surface area contributed by atoms with E-state index in [4.69, 9.17) is 26.9 Å². The summed E-state index contributed by atoms with van der Waals surface area (Å²) in [5.41, 5.74) is 6.77. The van der Waals surface area contributed by atoms with E-state index in [1.54, 1.807) is 37.4 Å². The second kappa shape index (κ2) is 11.5. The Labute approximate surface area is 262 Å². The lowest BCUT2D eigenvalue weighted by molar-refractivity contribution is 0.0256. The topological polar surface area (TPSA) is 160 Å². The molecule has 10 nitrogen and oxygen atoms in total. The molecule has 0 amide bonds. The average Bonchev–Trinajstić information content (AvgIpc) is 3.82. The molecule has 3 aromatic heterocycles. The molecule has 2 aliphatic rings. The summed E-state index contributed by atoms with van der Waals surface area (Å²) in [6.07, 6.45) is -5.16. The molecule has 45 heavy (non-hydrogen) atoms. The first kappa shape index (κ1) is 28.8. The highest BCUT2D eigenvalue weighted by Gasteiger charge is 2.33. The first-order chi connectivity index (χ1) is 21.8. The van der Waals surface area contributed by atoms with Crippen molar-refractivity contribution in [3.63, 3.8) is 0 Å². The molecule has 4 atom stereocenters. The van der Waals surface area contributed by atoms with E-state index in [1.165, 1.54) is 0 Å². The van der Waals surface area contributed by atoms with Crippen molar-refractivity contribution < 1.29 is 25.2 Å². The molecule has 4 unspecified atom stereocenters. The number of H-pyrrole nitrogens is 2. The van der Waals surface area contributed by atoms with Gasteiger partial charge in [0.25, 0.3) is 0 Å². The van der Waals surface area contributed by atoms with Crippen LogP contribution in [0.2, 0.25) is 0 Å². The average molecular weight is 618 g/mol. The Kier molecular flexibility index (Phi) is 7.34. The second-order valence-corrected chi connectivity index (χ2v) is 11.0. The Balaban J connectivity index is 1.57. The maximum absolute atomic E-state index is 11.3. The van der Waals surface area contributed by atoms with Crippen LogP contribution in [-0.2, 0) is 0 Å². The number of aliphatic imine (C=N–C) groups is 1. The summed E-state index contributed by atoms with van der Waals surface area (Å²) in [6.45, 7) is 0. The van der Waals surface area contributed by atoms with E-state index in [1.807, 2.05) is 54.6 Å². The number of hydrogen-bond acceptors (Lipinski definition) is 9. The van der Waals surface area contributed by atoms with Gasteiger partial charge in [0.1, 0.15) is 30.2 Å². The lowest BCUT2D eigenvalue weighted by Gasteiger charge is -2.12. The number of hydrogen-bond donors (Lipinski definition) is 6. The monoisotopic (exact) mass is 617 g/mol. The van der Waals surface area contributed by atoms with Crippen LogP contribution in [0, 0.1) is 0 Å². The van der Waals surface area contributed by atoms with Gasteiger partial charge in [-0.05, 0) is 84.0 Å². The predicted octanol–water partition coefficient (Wildman–Crippen LogP) is 5.93. The molecule has 0 saturated heterocycles. The van der Waals surface area contributed by atoms with E-state index >= 15 is 0 Å². The molecule has 0 aliphatic carbocycles. The van der Waals surface area contributed by atoms with Gasteiger partial charge < -0.3 is 35.1 Å². The Morgan fingerprint density at radius 3 is 1.58 bits per heavy atom. The highest BCUT2D eigenvalue weighted by molar-refractivity contribution is 7.78. The molecule has 7 rings (SSSR count). The fraction of sp³-hybridized carbons (Fsp3) is 0.147. The minimum Gasteiger partial charge on any atom is -0.497 e. The number of isothiocyanates is 1. The molecule has 5 aromatic rings. The van der Waals surface area contributed by atoms with E-state index in [0.717, 1.165) is 5.56 Å². The summed E-state index contributed by atoms with van der Waals surface area (Å²) in [5.74, 6) is 0.666. The Morgan fingerprint density at radius 2 is 1.13 bits per heavy atom. The van der Waals surface area contributed by atoms with Crippen molar-refractivity contribution in [1.29, 1.82) is 0 Å². The number of ether oxygens (including phenoxy) is 1. The molecule has 0 fully saturated rings. The number of methoxy groups -OCH3 is 1. The molecule has 6 N–H and O–H groups in total. The third-order valence-corrected chi connectivity index (χ3v) is 8.14. The van der Waals surface area contributed by atoms with Crippen LogP contribution in [0.25, 0.3) is 44.3 Å². The van der Waals surface area contributed by atoms with Gasteiger partial charge in [0.05, 0.1) is 40.7 Å². The fourth-order valence-corrected chi connectivity index (χ4v) is 5.91. The third-order valence-electron chi connectivity index (χ3n) is 8.05. The van der Waals surface area contributed by atoms with Crippen LogP contribution in [0.4, 0.5) is 5.69 Å². The summed E-state index contributed by atoms with van der Waals surface area (Å²) in [4.78, 5) is 20.1. The highest BCUT2D eigenvalue weighted by Crippen LogP contribution is 2.42. The second-order valence-electron chi connectivity index (χ2n) is 10.8. The minimum atomic E-state index is -1.31. The van der Waals surface area contributed by atoms with Gasteiger partial charge in [0.2, 0.25) is 0 Å². The molecule has 0 saturated carbocycles. The molecule has 5 heterocycles. The van der Waals surface area contributed by atoms with Crippen LogP contribution in [0.5, 0.6) is 5.75 Å². The van der Waals surface area contributed by atoms with Crippen molar-refractivity contribution >= 4 is 45.1 Å². The zero-order valence-electron chi connectivity index (χ0n) is 23.8. The summed E-state index contributed by atoms with van der Waals surface area (Å²) in [7, 11) is 1.58. The van der Waals surface area contributed by atoms with Gasteiger partial charge in [-0.1, -0.05) is 24.3 Å². The van der Waals surface area contributed by atoms with E-state index in [9.17, 15) is 20.4 Å². The summed E-state index contributed by atoms with van der Waals surface area (Å²) in [5, 5.41) is 47.2. The fourth-order valence-electron chi connectivity index (χ4n) is 5.81. The van der Waals surface area contributed by atoms with Crippen LogP contribution in [0.15, 0.2) is 89.9 Å². The van der Waals surface area contributed by atoms with Crippen LogP contribution < -0.4 is 4.74 Å². The van der Waals surface area contributed by atoms with Crippen LogP contribution in [-0.4, -0.2) is 52.6 Å². The number of aliphatic hydroxyl groups is 4. The van der Waals surface area contributed by atoms with Crippen LogP contribution in [0.3, 0.4) is 0 Å². The van der Waals surface area contributed by atoms with Gasteiger partial charge in [-0.2, -0.15) is 4.99 Å². The number of fused-ring (bicyclic) bond motifs is 8. The van der Waals surface area contributed by atoms with Crippen molar-refractivity contribution in [2.75, 3.05) is 7.11 Å². The normalized spacial score (nSPS) is 19.2. The first-order valence-electron chi connectivity index (χ1n) is 14.1. The number of benzene rings is 2. The Morgan fingerprint density at radius 1 is 0.667 bits per heavy atom. The molecular weight excluding hydrogens is 590 g/mol. The lowest BCUT2D eigenvalue weighted by Crippen LogP contribution is -2.04. The predicted molar refractivity (Wildman–Crippen MR) is 173 cm³/mol. The van der Waals surface area contributed by atoms with Crippen molar-refractivity contribution in [3.05, 3.63) is 108 Å². The standard InChI is InChI=1S/C34H27N5O5S/c1-44-22-10-4-18(5-11-22)28-24-13-9-21(37-24)15-25-31(40)33(42)29(38-25)27(17-2-6-19(7-3-17)35-16-45)23-12-8-20(36-23)14-26-32(41)34(43)30(28)39-26/h2-15,31-34,36-37,40-43H,1H3. The number of aromatic nitrogens is 4. The molecule has 224 valence electrons. The summed E-state index contributed by atoms with van der Waals surface area (Å²) in [6, 6.07) is 25.1. The van der Waals surface area contributed by atoms with Gasteiger partial charge in [-0.15, -0.1) is 0 Å². The number of aliphatic hydroxyl groups excluding tert-OH is 4.